The quantitative estimate of drug-likeness (QED) is 0.840. The summed E-state index contributed by atoms with van der Waals surface area (Å²) in [6.45, 7) is 5.59. The van der Waals surface area contributed by atoms with Crippen molar-refractivity contribution in [3.05, 3.63) is 42.1 Å². The third-order valence-corrected chi connectivity index (χ3v) is 5.31. The van der Waals surface area contributed by atoms with Crippen LogP contribution in [0.4, 0.5) is 0 Å². The molecular weight excluding hydrogens is 358 g/mol. The van der Waals surface area contributed by atoms with Gasteiger partial charge >= 0.3 is 0 Å². The van der Waals surface area contributed by atoms with Crippen molar-refractivity contribution in [1.29, 1.82) is 0 Å². The fourth-order valence-corrected chi connectivity index (χ4v) is 3.65. The highest BCUT2D eigenvalue weighted by Gasteiger charge is 2.28. The number of rotatable bonds is 4. The standard InChI is InChI=1S/C20H25N5O3/c26-18(15-23-10-12-28-13-11-23)24-6-8-25(9-7-24)20(27)17-14-21-22-19(17)16-4-2-1-3-5-16/h1-5,14H,6-13,15H2,(H,21,22). The molecule has 4 rings (SSSR count). The van der Waals surface area contributed by atoms with Crippen LogP contribution in [0.3, 0.4) is 0 Å². The minimum absolute atomic E-state index is 0.0483. The summed E-state index contributed by atoms with van der Waals surface area (Å²) in [5, 5.41) is 7.01. The molecule has 0 saturated carbocycles. The van der Waals surface area contributed by atoms with Gasteiger partial charge in [-0.3, -0.25) is 19.6 Å². The molecule has 0 unspecified atom stereocenters. The van der Waals surface area contributed by atoms with Crippen LogP contribution in [0.2, 0.25) is 0 Å². The number of carbonyl (C=O) groups excluding carboxylic acids is 2. The summed E-state index contributed by atoms with van der Waals surface area (Å²) in [6.07, 6.45) is 1.58. The average Bonchev–Trinajstić information content (AvgIpc) is 3.24. The molecule has 2 aliphatic rings. The van der Waals surface area contributed by atoms with E-state index in [1.165, 1.54) is 0 Å². The second-order valence-electron chi connectivity index (χ2n) is 7.09. The minimum atomic E-state index is -0.0483. The van der Waals surface area contributed by atoms with Gasteiger partial charge in [-0.2, -0.15) is 5.10 Å². The molecule has 148 valence electrons. The first-order valence-corrected chi connectivity index (χ1v) is 9.68. The Morgan fingerprint density at radius 2 is 1.64 bits per heavy atom. The van der Waals surface area contributed by atoms with Crippen molar-refractivity contribution in [2.45, 2.75) is 0 Å². The number of aromatic nitrogens is 2. The van der Waals surface area contributed by atoms with E-state index in [0.29, 0.717) is 51.5 Å². The van der Waals surface area contributed by atoms with Crippen molar-refractivity contribution < 1.29 is 14.3 Å². The Hall–Kier alpha value is -2.71. The molecule has 2 saturated heterocycles. The van der Waals surface area contributed by atoms with Gasteiger partial charge in [0.1, 0.15) is 0 Å². The summed E-state index contributed by atoms with van der Waals surface area (Å²) in [5.41, 5.74) is 2.23. The zero-order valence-corrected chi connectivity index (χ0v) is 15.8. The maximum Gasteiger partial charge on any atom is 0.257 e. The lowest BCUT2D eigenvalue weighted by Gasteiger charge is -2.36. The molecule has 1 N–H and O–H groups in total. The Morgan fingerprint density at radius 3 is 2.36 bits per heavy atom. The highest BCUT2D eigenvalue weighted by molar-refractivity contribution is 5.99. The van der Waals surface area contributed by atoms with Gasteiger partial charge in [0, 0.05) is 44.8 Å². The molecule has 2 aromatic rings. The number of H-pyrrole nitrogens is 1. The predicted molar refractivity (Wildman–Crippen MR) is 104 cm³/mol. The number of hydrogen-bond donors (Lipinski definition) is 1. The molecule has 2 fully saturated rings. The van der Waals surface area contributed by atoms with Crippen LogP contribution in [0.1, 0.15) is 10.4 Å². The Labute approximate surface area is 164 Å². The van der Waals surface area contributed by atoms with Crippen LogP contribution in [-0.4, -0.2) is 95.7 Å². The molecule has 3 heterocycles. The van der Waals surface area contributed by atoms with Crippen molar-refractivity contribution in [2.24, 2.45) is 0 Å². The van der Waals surface area contributed by atoms with Gasteiger partial charge in [0.25, 0.3) is 5.91 Å². The summed E-state index contributed by atoms with van der Waals surface area (Å²) >= 11 is 0. The van der Waals surface area contributed by atoms with Gasteiger partial charge < -0.3 is 14.5 Å². The molecule has 2 aliphatic heterocycles. The predicted octanol–water partition coefficient (Wildman–Crippen LogP) is 0.693. The lowest BCUT2D eigenvalue weighted by atomic mass is 10.1. The molecule has 8 nitrogen and oxygen atoms in total. The van der Waals surface area contributed by atoms with Crippen LogP contribution in [0.5, 0.6) is 0 Å². The first-order valence-electron chi connectivity index (χ1n) is 9.68. The number of aromatic amines is 1. The van der Waals surface area contributed by atoms with E-state index in [-0.39, 0.29) is 11.8 Å². The highest BCUT2D eigenvalue weighted by Crippen LogP contribution is 2.22. The molecule has 1 aromatic heterocycles. The van der Waals surface area contributed by atoms with Gasteiger partial charge in [-0.05, 0) is 0 Å². The normalized spacial score (nSPS) is 18.3. The molecular formula is C20H25N5O3. The summed E-state index contributed by atoms with van der Waals surface area (Å²) in [6, 6.07) is 9.71. The van der Waals surface area contributed by atoms with E-state index in [0.717, 1.165) is 24.3 Å². The molecule has 0 radical (unpaired) electrons. The smallest absolute Gasteiger partial charge is 0.257 e. The van der Waals surface area contributed by atoms with E-state index in [1.54, 1.807) is 11.1 Å². The first-order chi connectivity index (χ1) is 13.7. The van der Waals surface area contributed by atoms with E-state index in [2.05, 4.69) is 15.1 Å². The topological polar surface area (TPSA) is 81.8 Å². The number of carbonyl (C=O) groups is 2. The number of amides is 2. The van der Waals surface area contributed by atoms with Crippen molar-refractivity contribution in [1.82, 2.24) is 24.9 Å². The molecule has 1 aromatic carbocycles. The number of nitrogens with zero attached hydrogens (tertiary/aromatic N) is 4. The van der Waals surface area contributed by atoms with E-state index in [9.17, 15) is 9.59 Å². The maximum atomic E-state index is 13.0. The number of nitrogens with one attached hydrogen (secondary N) is 1. The van der Waals surface area contributed by atoms with Crippen molar-refractivity contribution in [3.8, 4) is 11.3 Å². The van der Waals surface area contributed by atoms with Gasteiger partial charge in [0.2, 0.25) is 5.91 Å². The molecule has 2 amide bonds. The Kier molecular flexibility index (Phi) is 5.68. The molecule has 0 atom stereocenters. The summed E-state index contributed by atoms with van der Waals surface area (Å²) in [4.78, 5) is 31.3. The number of hydrogen-bond acceptors (Lipinski definition) is 5. The van der Waals surface area contributed by atoms with Gasteiger partial charge in [-0.25, -0.2) is 0 Å². The third kappa shape index (κ3) is 4.07. The highest BCUT2D eigenvalue weighted by atomic mass is 16.5. The van der Waals surface area contributed by atoms with E-state index >= 15 is 0 Å². The van der Waals surface area contributed by atoms with Gasteiger partial charge in [-0.1, -0.05) is 30.3 Å². The Bertz CT molecular complexity index is 808. The third-order valence-electron chi connectivity index (χ3n) is 5.31. The lowest BCUT2D eigenvalue weighted by molar-refractivity contribution is -0.134. The van der Waals surface area contributed by atoms with Crippen LogP contribution in [-0.2, 0) is 9.53 Å². The molecule has 28 heavy (non-hydrogen) atoms. The monoisotopic (exact) mass is 383 g/mol. The van der Waals surface area contributed by atoms with Gasteiger partial charge in [-0.15, -0.1) is 0 Å². The number of ether oxygens (including phenoxy) is 1. The second-order valence-corrected chi connectivity index (χ2v) is 7.09. The van der Waals surface area contributed by atoms with Crippen LogP contribution in [0.15, 0.2) is 36.5 Å². The van der Waals surface area contributed by atoms with Crippen molar-refractivity contribution >= 4 is 11.8 Å². The fraction of sp³-hybridized carbons (Fsp3) is 0.450. The molecule has 0 aliphatic carbocycles. The fourth-order valence-electron chi connectivity index (χ4n) is 3.65. The number of morpholine rings is 1. The van der Waals surface area contributed by atoms with Crippen LogP contribution < -0.4 is 0 Å². The molecule has 0 bridgehead atoms. The Morgan fingerprint density at radius 1 is 0.964 bits per heavy atom. The second kappa shape index (κ2) is 8.53. The van der Waals surface area contributed by atoms with Crippen LogP contribution in [0, 0.1) is 0 Å². The zero-order chi connectivity index (χ0) is 19.3. The summed E-state index contributed by atoms with van der Waals surface area (Å²) < 4.78 is 5.33. The minimum Gasteiger partial charge on any atom is -0.379 e. The van der Waals surface area contributed by atoms with Crippen molar-refractivity contribution in [3.63, 3.8) is 0 Å². The SMILES string of the molecule is O=C(CN1CCOCC1)N1CCN(C(=O)c2cn[nH]c2-c2ccccc2)CC1. The zero-order valence-electron chi connectivity index (χ0n) is 15.8. The van der Waals surface area contributed by atoms with Crippen LogP contribution >= 0.6 is 0 Å². The van der Waals surface area contributed by atoms with Crippen LogP contribution in [0.25, 0.3) is 11.3 Å². The van der Waals surface area contributed by atoms with E-state index in [4.69, 9.17) is 4.74 Å². The number of piperazine rings is 1. The summed E-state index contributed by atoms with van der Waals surface area (Å²) in [7, 11) is 0. The maximum absolute atomic E-state index is 13.0. The largest absolute Gasteiger partial charge is 0.379 e. The van der Waals surface area contributed by atoms with Gasteiger partial charge in [0.15, 0.2) is 0 Å². The average molecular weight is 383 g/mol. The summed E-state index contributed by atoms with van der Waals surface area (Å²) in [5.74, 6) is 0.0789. The first kappa shape index (κ1) is 18.6. The lowest BCUT2D eigenvalue weighted by Crippen LogP contribution is -2.53. The molecule has 8 heteroatoms. The van der Waals surface area contributed by atoms with Crippen molar-refractivity contribution in [2.75, 3.05) is 59.0 Å². The van der Waals surface area contributed by atoms with E-state index < -0.39 is 0 Å². The van der Waals surface area contributed by atoms with Gasteiger partial charge in [0.05, 0.1) is 37.2 Å². The number of benzene rings is 1. The van der Waals surface area contributed by atoms with E-state index in [1.807, 2.05) is 35.2 Å². The Balaban J connectivity index is 1.35. The molecule has 0 spiro atoms.